The van der Waals surface area contributed by atoms with Gasteiger partial charge >= 0.3 is 0 Å². The van der Waals surface area contributed by atoms with Crippen LogP contribution in [0.3, 0.4) is 0 Å². The van der Waals surface area contributed by atoms with E-state index in [1.807, 2.05) is 0 Å². The largest absolute Gasteiger partial charge is 0.508 e. The van der Waals surface area contributed by atoms with Crippen molar-refractivity contribution in [1.29, 1.82) is 0 Å². The summed E-state index contributed by atoms with van der Waals surface area (Å²) in [6, 6.07) is 16.5. The number of carbonyl (C=O) groups excluding carboxylic acids is 3. The fourth-order valence-electron chi connectivity index (χ4n) is 4.24. The summed E-state index contributed by atoms with van der Waals surface area (Å²) in [5, 5.41) is 26.8. The van der Waals surface area contributed by atoms with Gasteiger partial charge in [0.05, 0.1) is 29.2 Å². The Kier molecular flexibility index (Phi) is 11.3. The number of benzene rings is 3. The second-order valence-electron chi connectivity index (χ2n) is 9.92. The first-order chi connectivity index (χ1) is 19.8. The summed E-state index contributed by atoms with van der Waals surface area (Å²) in [6.07, 6.45) is -2.03. The van der Waals surface area contributed by atoms with Crippen LogP contribution < -0.4 is 10.6 Å². The molecule has 0 saturated carbocycles. The quantitative estimate of drug-likeness (QED) is 0.237. The minimum Gasteiger partial charge on any atom is -0.508 e. The van der Waals surface area contributed by atoms with E-state index in [0.29, 0.717) is 23.0 Å². The monoisotopic (exact) mass is 621 g/mol. The highest BCUT2D eigenvalue weighted by molar-refractivity contribution is 6.42. The minimum absolute atomic E-state index is 0.0346. The highest BCUT2D eigenvalue weighted by atomic mass is 35.5. The molecule has 0 saturated heterocycles. The van der Waals surface area contributed by atoms with Gasteiger partial charge in [0.1, 0.15) is 5.75 Å². The van der Waals surface area contributed by atoms with Crippen molar-refractivity contribution in [2.24, 2.45) is 0 Å². The predicted octanol–water partition coefficient (Wildman–Crippen LogP) is 4.51. The lowest BCUT2D eigenvalue weighted by molar-refractivity contribution is -0.149. The zero-order valence-corrected chi connectivity index (χ0v) is 24.4. The first kappa shape index (κ1) is 32.8. The molecule has 12 heteroatoms. The molecule has 0 aliphatic carbocycles. The number of nitrogens with one attached hydrogen (secondary N) is 2. The van der Waals surface area contributed by atoms with Gasteiger partial charge in [-0.15, -0.1) is 0 Å². The average molecular weight is 622 g/mol. The lowest BCUT2D eigenvalue weighted by Crippen LogP contribution is -2.55. The zero-order valence-electron chi connectivity index (χ0n) is 22.9. The van der Waals surface area contributed by atoms with Crippen molar-refractivity contribution < 1.29 is 33.4 Å². The summed E-state index contributed by atoms with van der Waals surface area (Å²) in [5.41, 5.74) is 1.50. The number of hydrogen-bond acceptors (Lipinski definition) is 5. The number of aliphatic hydroxyl groups is 1. The van der Waals surface area contributed by atoms with E-state index < -0.39 is 48.9 Å². The third-order valence-electron chi connectivity index (χ3n) is 6.42. The van der Waals surface area contributed by atoms with Crippen molar-refractivity contribution in [3.05, 3.63) is 99.0 Å². The molecule has 0 bridgehead atoms. The summed E-state index contributed by atoms with van der Waals surface area (Å²) in [5.74, 6) is -6.18. The number of carbonyl (C=O) groups is 3. The van der Waals surface area contributed by atoms with Gasteiger partial charge in [-0.1, -0.05) is 71.7 Å². The molecule has 0 aliphatic heterocycles. The van der Waals surface area contributed by atoms with E-state index in [1.54, 1.807) is 48.5 Å². The molecule has 0 fully saturated rings. The summed E-state index contributed by atoms with van der Waals surface area (Å²) >= 11 is 12.1. The molecule has 3 aromatic carbocycles. The normalized spacial score (nSPS) is 12.7. The van der Waals surface area contributed by atoms with Gasteiger partial charge in [0, 0.05) is 24.6 Å². The molecule has 2 unspecified atom stereocenters. The maximum Gasteiger partial charge on any atom is 0.262 e. The van der Waals surface area contributed by atoms with Gasteiger partial charge in [-0.3, -0.25) is 14.4 Å². The van der Waals surface area contributed by atoms with Gasteiger partial charge in [0.25, 0.3) is 17.7 Å². The van der Waals surface area contributed by atoms with Crippen molar-refractivity contribution in [2.75, 3.05) is 13.1 Å². The van der Waals surface area contributed by atoms with Crippen molar-refractivity contribution in [3.63, 3.8) is 0 Å². The molecule has 0 aliphatic rings. The average Bonchev–Trinajstić information content (AvgIpc) is 2.93. The van der Waals surface area contributed by atoms with Gasteiger partial charge in [0.2, 0.25) is 5.91 Å². The number of aromatic hydroxyl groups is 1. The number of nitrogens with zero attached hydrogens (tertiary/aromatic N) is 1. The molecule has 224 valence electrons. The first-order valence-electron chi connectivity index (χ1n) is 12.9. The van der Waals surface area contributed by atoms with E-state index in [2.05, 4.69) is 10.6 Å². The molecule has 3 aromatic rings. The number of aliphatic hydroxyl groups excluding tert-OH is 1. The van der Waals surface area contributed by atoms with Crippen LogP contribution in [-0.4, -0.2) is 64.0 Å². The van der Waals surface area contributed by atoms with Crippen LogP contribution in [0.4, 0.5) is 8.78 Å². The van der Waals surface area contributed by atoms with Crippen LogP contribution in [0.15, 0.2) is 66.7 Å². The molecular weight excluding hydrogens is 591 g/mol. The summed E-state index contributed by atoms with van der Waals surface area (Å²) in [6.45, 7) is 0.0673. The standard InChI is InChI=1S/C30H31Cl2F2N3O5/c1-18-21(11-7-13-24(18)38)28(41)36-23(14-19-8-4-3-5-9-19)27(40)29(42)37(17-30(2,33)34)16-25(39)35-15-20-10-6-12-22(31)26(20)32/h3-13,23,27,38,40H,14-17H2,1-2H3,(H,35,39)(H,36,41). The summed E-state index contributed by atoms with van der Waals surface area (Å²) in [4.78, 5) is 39.8. The predicted molar refractivity (Wildman–Crippen MR) is 156 cm³/mol. The first-order valence-corrected chi connectivity index (χ1v) is 13.7. The smallest absolute Gasteiger partial charge is 0.262 e. The van der Waals surface area contributed by atoms with Crippen molar-refractivity contribution >= 4 is 40.9 Å². The molecule has 8 nitrogen and oxygen atoms in total. The van der Waals surface area contributed by atoms with E-state index >= 15 is 0 Å². The lowest BCUT2D eigenvalue weighted by atomic mass is 9.98. The zero-order chi connectivity index (χ0) is 31.0. The number of hydrogen-bond donors (Lipinski definition) is 4. The maximum absolute atomic E-state index is 14.1. The van der Waals surface area contributed by atoms with Crippen molar-refractivity contribution in [3.8, 4) is 5.75 Å². The third kappa shape index (κ3) is 9.14. The number of alkyl halides is 2. The molecule has 42 heavy (non-hydrogen) atoms. The van der Waals surface area contributed by atoms with Crippen LogP contribution in [0.2, 0.25) is 10.0 Å². The Morgan fingerprint density at radius 3 is 2.33 bits per heavy atom. The number of phenolic OH excluding ortho intramolecular Hbond substituents is 1. The van der Waals surface area contributed by atoms with E-state index in [9.17, 15) is 33.4 Å². The Morgan fingerprint density at radius 1 is 1.00 bits per heavy atom. The van der Waals surface area contributed by atoms with E-state index in [-0.39, 0.29) is 39.9 Å². The van der Waals surface area contributed by atoms with Crippen LogP contribution in [-0.2, 0) is 22.6 Å². The highest BCUT2D eigenvalue weighted by Gasteiger charge is 2.36. The Labute approximate surface area is 252 Å². The Balaban J connectivity index is 1.83. The SMILES string of the molecule is Cc1c(O)cccc1C(=O)NC(Cc1ccccc1)C(O)C(=O)N(CC(=O)NCc1cccc(Cl)c1Cl)CC(C)(F)F. The summed E-state index contributed by atoms with van der Waals surface area (Å²) < 4.78 is 28.2. The Morgan fingerprint density at radius 2 is 1.67 bits per heavy atom. The number of phenols is 1. The number of halogens is 4. The summed E-state index contributed by atoms with van der Waals surface area (Å²) in [7, 11) is 0. The van der Waals surface area contributed by atoms with Gasteiger partial charge in [-0.25, -0.2) is 8.78 Å². The number of amides is 3. The van der Waals surface area contributed by atoms with Crippen molar-refractivity contribution in [2.45, 2.75) is 44.9 Å². The van der Waals surface area contributed by atoms with Crippen LogP contribution in [0.25, 0.3) is 0 Å². The maximum atomic E-state index is 14.1. The van der Waals surface area contributed by atoms with Crippen LogP contribution in [0, 0.1) is 6.92 Å². The molecule has 3 amide bonds. The molecule has 2 atom stereocenters. The fourth-order valence-corrected chi connectivity index (χ4v) is 4.63. The molecule has 0 spiro atoms. The van der Waals surface area contributed by atoms with Crippen LogP contribution in [0.5, 0.6) is 5.75 Å². The Hall–Kier alpha value is -3.73. The van der Waals surface area contributed by atoms with Gasteiger partial charge in [-0.2, -0.15) is 0 Å². The van der Waals surface area contributed by atoms with Gasteiger partial charge in [-0.05, 0) is 42.7 Å². The Bertz CT molecular complexity index is 1420. The molecule has 0 heterocycles. The van der Waals surface area contributed by atoms with E-state index in [1.165, 1.54) is 25.1 Å². The highest BCUT2D eigenvalue weighted by Crippen LogP contribution is 2.25. The minimum atomic E-state index is -3.40. The molecule has 4 N–H and O–H groups in total. The molecule has 0 radical (unpaired) electrons. The van der Waals surface area contributed by atoms with Gasteiger partial charge in [0.15, 0.2) is 6.10 Å². The lowest BCUT2D eigenvalue weighted by Gasteiger charge is -2.31. The number of rotatable bonds is 12. The van der Waals surface area contributed by atoms with Crippen LogP contribution >= 0.6 is 23.2 Å². The molecule has 0 aromatic heterocycles. The van der Waals surface area contributed by atoms with E-state index in [4.69, 9.17) is 23.2 Å². The second-order valence-corrected chi connectivity index (χ2v) is 10.7. The third-order valence-corrected chi connectivity index (χ3v) is 7.28. The topological polar surface area (TPSA) is 119 Å². The van der Waals surface area contributed by atoms with Crippen molar-refractivity contribution in [1.82, 2.24) is 15.5 Å². The van der Waals surface area contributed by atoms with Crippen LogP contribution in [0.1, 0.15) is 34.0 Å². The van der Waals surface area contributed by atoms with Gasteiger partial charge < -0.3 is 25.7 Å². The fraction of sp³-hybridized carbons (Fsp3) is 0.300. The molecule has 3 rings (SSSR count). The van der Waals surface area contributed by atoms with E-state index in [0.717, 1.165) is 0 Å². The second kappa shape index (κ2) is 14.4. The molecular formula is C30H31Cl2F2N3O5.